The highest BCUT2D eigenvalue weighted by atomic mass is 35.5. The van der Waals surface area contributed by atoms with Gasteiger partial charge in [0.25, 0.3) is 5.56 Å². The van der Waals surface area contributed by atoms with Crippen molar-refractivity contribution in [2.45, 2.75) is 45.7 Å². The molecule has 1 aromatic heterocycles. The van der Waals surface area contributed by atoms with Gasteiger partial charge in [0.2, 0.25) is 0 Å². The van der Waals surface area contributed by atoms with Gasteiger partial charge in [0.05, 0.1) is 11.9 Å². The van der Waals surface area contributed by atoms with Gasteiger partial charge in [-0.15, -0.1) is 0 Å². The maximum absolute atomic E-state index is 12.2. The number of nitrogens with two attached hydrogens (primary N) is 1. The summed E-state index contributed by atoms with van der Waals surface area (Å²) in [5.41, 5.74) is 6.49. The van der Waals surface area contributed by atoms with Gasteiger partial charge in [-0.05, 0) is 25.7 Å². The molecule has 20 heavy (non-hydrogen) atoms. The van der Waals surface area contributed by atoms with Crippen LogP contribution in [0.1, 0.15) is 33.1 Å². The molecule has 0 aromatic carbocycles. The lowest BCUT2D eigenvalue weighted by Crippen LogP contribution is -2.31. The summed E-state index contributed by atoms with van der Waals surface area (Å²) in [5, 5.41) is 4.52. The van der Waals surface area contributed by atoms with Gasteiger partial charge in [-0.1, -0.05) is 24.9 Å². The number of hydrogen-bond acceptors (Lipinski definition) is 4. The Morgan fingerprint density at radius 1 is 1.60 bits per heavy atom. The van der Waals surface area contributed by atoms with Crippen LogP contribution in [0.3, 0.4) is 0 Å². The maximum atomic E-state index is 12.2. The highest BCUT2D eigenvalue weighted by Crippen LogP contribution is 2.28. The molecular weight excluding hydrogens is 276 g/mol. The van der Waals surface area contributed by atoms with Crippen molar-refractivity contribution in [3.05, 3.63) is 21.6 Å². The summed E-state index contributed by atoms with van der Waals surface area (Å²) in [5.74, 6) is 0.452. The molecule has 2 atom stereocenters. The maximum Gasteiger partial charge on any atom is 0.287 e. The molecule has 0 radical (unpaired) electrons. The molecule has 0 aliphatic carbocycles. The van der Waals surface area contributed by atoms with Gasteiger partial charge < -0.3 is 10.6 Å². The first-order chi connectivity index (χ1) is 9.54. The topological polar surface area (TPSA) is 64.2 Å². The number of rotatable bonds is 5. The van der Waals surface area contributed by atoms with Crippen LogP contribution >= 0.6 is 11.6 Å². The Bertz CT molecular complexity index is 514. The summed E-state index contributed by atoms with van der Waals surface area (Å²) in [6, 6.07) is 0.164. The molecule has 2 N–H and O–H groups in total. The molecule has 1 aliphatic rings. The average Bonchev–Trinajstić information content (AvgIpc) is 2.90. The molecule has 5 nitrogen and oxygen atoms in total. The van der Waals surface area contributed by atoms with Crippen LogP contribution in [0.5, 0.6) is 0 Å². The SMILES string of the molecule is CCCCn1ncc(N2CCC(C(C)N)C2)c(Cl)c1=O. The van der Waals surface area contributed by atoms with E-state index < -0.39 is 0 Å². The van der Waals surface area contributed by atoms with Crippen molar-refractivity contribution in [3.63, 3.8) is 0 Å². The monoisotopic (exact) mass is 298 g/mol. The predicted octanol–water partition coefficient (Wildman–Crippen LogP) is 1.87. The summed E-state index contributed by atoms with van der Waals surface area (Å²) < 4.78 is 1.45. The molecule has 0 bridgehead atoms. The third-order valence-corrected chi connectivity index (χ3v) is 4.35. The Kier molecular flexibility index (Phi) is 5.05. The Labute approximate surface area is 124 Å². The van der Waals surface area contributed by atoms with E-state index in [9.17, 15) is 4.79 Å². The van der Waals surface area contributed by atoms with Crippen molar-refractivity contribution in [3.8, 4) is 0 Å². The van der Waals surface area contributed by atoms with E-state index in [2.05, 4.69) is 16.9 Å². The minimum Gasteiger partial charge on any atom is -0.369 e. The first kappa shape index (κ1) is 15.3. The third-order valence-electron chi connectivity index (χ3n) is 4.00. The van der Waals surface area contributed by atoms with Crippen LogP contribution in [-0.4, -0.2) is 28.9 Å². The van der Waals surface area contributed by atoms with Crippen LogP contribution in [0.4, 0.5) is 5.69 Å². The second-order valence-electron chi connectivity index (χ2n) is 5.58. The van der Waals surface area contributed by atoms with E-state index in [0.29, 0.717) is 12.5 Å². The van der Waals surface area contributed by atoms with Gasteiger partial charge in [-0.3, -0.25) is 4.79 Å². The normalized spacial score (nSPS) is 20.4. The lowest BCUT2D eigenvalue weighted by molar-refractivity contribution is 0.488. The largest absolute Gasteiger partial charge is 0.369 e. The zero-order chi connectivity index (χ0) is 14.7. The fourth-order valence-corrected chi connectivity index (χ4v) is 2.85. The average molecular weight is 299 g/mol. The van der Waals surface area contributed by atoms with Crippen molar-refractivity contribution in [1.29, 1.82) is 0 Å². The number of aryl methyl sites for hydroxylation is 1. The van der Waals surface area contributed by atoms with Gasteiger partial charge in [-0.25, -0.2) is 4.68 Å². The molecule has 2 heterocycles. The first-order valence-electron chi connectivity index (χ1n) is 7.30. The van der Waals surface area contributed by atoms with Crippen LogP contribution < -0.4 is 16.2 Å². The summed E-state index contributed by atoms with van der Waals surface area (Å²) in [7, 11) is 0. The predicted molar refractivity (Wildman–Crippen MR) is 82.4 cm³/mol. The molecular formula is C14H23ClN4O. The van der Waals surface area contributed by atoms with Crippen LogP contribution in [0.2, 0.25) is 5.02 Å². The zero-order valence-electron chi connectivity index (χ0n) is 12.2. The number of unbranched alkanes of at least 4 members (excludes halogenated alkanes) is 1. The fraction of sp³-hybridized carbons (Fsp3) is 0.714. The summed E-state index contributed by atoms with van der Waals surface area (Å²) in [6.07, 6.45) is 4.70. The second-order valence-corrected chi connectivity index (χ2v) is 5.96. The molecule has 6 heteroatoms. The summed E-state index contributed by atoms with van der Waals surface area (Å²) in [4.78, 5) is 14.3. The molecule has 112 valence electrons. The Balaban J connectivity index is 2.18. The van der Waals surface area contributed by atoms with E-state index in [1.807, 2.05) is 6.92 Å². The van der Waals surface area contributed by atoms with Crippen LogP contribution in [0.25, 0.3) is 0 Å². The van der Waals surface area contributed by atoms with E-state index in [0.717, 1.165) is 38.0 Å². The highest BCUT2D eigenvalue weighted by Gasteiger charge is 2.27. The lowest BCUT2D eigenvalue weighted by atomic mass is 10.0. The van der Waals surface area contributed by atoms with Crippen molar-refractivity contribution in [1.82, 2.24) is 9.78 Å². The van der Waals surface area contributed by atoms with Gasteiger partial charge in [0.1, 0.15) is 5.02 Å². The smallest absolute Gasteiger partial charge is 0.287 e. The van der Waals surface area contributed by atoms with Crippen LogP contribution in [0, 0.1) is 5.92 Å². The van der Waals surface area contributed by atoms with Crippen LogP contribution in [-0.2, 0) is 6.54 Å². The van der Waals surface area contributed by atoms with E-state index in [-0.39, 0.29) is 16.6 Å². The quantitative estimate of drug-likeness (QED) is 0.901. The van der Waals surface area contributed by atoms with E-state index >= 15 is 0 Å². The van der Waals surface area contributed by atoms with Crippen molar-refractivity contribution in [2.24, 2.45) is 11.7 Å². The number of nitrogens with zero attached hydrogens (tertiary/aromatic N) is 3. The molecule has 2 rings (SSSR count). The minimum atomic E-state index is -0.193. The lowest BCUT2D eigenvalue weighted by Gasteiger charge is -2.21. The molecule has 1 fully saturated rings. The first-order valence-corrected chi connectivity index (χ1v) is 7.68. The van der Waals surface area contributed by atoms with Gasteiger partial charge in [-0.2, -0.15) is 5.10 Å². The highest BCUT2D eigenvalue weighted by molar-refractivity contribution is 6.33. The van der Waals surface area contributed by atoms with Crippen molar-refractivity contribution >= 4 is 17.3 Å². The summed E-state index contributed by atoms with van der Waals surface area (Å²) >= 11 is 6.24. The van der Waals surface area contributed by atoms with E-state index in [1.54, 1.807) is 6.20 Å². The minimum absolute atomic E-state index is 0.164. The second kappa shape index (κ2) is 6.59. The Morgan fingerprint density at radius 2 is 2.35 bits per heavy atom. The van der Waals surface area contributed by atoms with E-state index in [4.69, 9.17) is 17.3 Å². The third kappa shape index (κ3) is 3.15. The summed E-state index contributed by atoms with van der Waals surface area (Å²) in [6.45, 7) is 6.46. The van der Waals surface area contributed by atoms with Crippen LogP contribution in [0.15, 0.2) is 11.0 Å². The molecule has 0 saturated carbocycles. The number of aromatic nitrogens is 2. The zero-order valence-corrected chi connectivity index (χ0v) is 12.9. The molecule has 2 unspecified atom stereocenters. The van der Waals surface area contributed by atoms with Crippen molar-refractivity contribution < 1.29 is 0 Å². The molecule has 1 aromatic rings. The Hall–Kier alpha value is -1.07. The number of hydrogen-bond donors (Lipinski definition) is 1. The van der Waals surface area contributed by atoms with E-state index in [1.165, 1.54) is 4.68 Å². The Morgan fingerprint density at radius 3 is 2.95 bits per heavy atom. The molecule has 1 saturated heterocycles. The number of halogens is 1. The van der Waals surface area contributed by atoms with Gasteiger partial charge >= 0.3 is 0 Å². The molecule has 1 aliphatic heterocycles. The standard InChI is InChI=1S/C14H23ClN4O/c1-3-4-6-19-14(20)13(15)12(8-17-19)18-7-5-11(9-18)10(2)16/h8,10-11H,3-7,9,16H2,1-2H3. The van der Waals surface area contributed by atoms with Gasteiger partial charge in [0.15, 0.2) is 0 Å². The van der Waals surface area contributed by atoms with Gasteiger partial charge in [0, 0.05) is 25.7 Å². The fourth-order valence-electron chi connectivity index (χ4n) is 2.58. The molecule has 0 spiro atoms. The number of anilines is 1. The van der Waals surface area contributed by atoms with Crippen molar-refractivity contribution in [2.75, 3.05) is 18.0 Å². The molecule has 0 amide bonds.